The summed E-state index contributed by atoms with van der Waals surface area (Å²) < 4.78 is 1.10. The molecule has 0 aliphatic carbocycles. The van der Waals surface area contributed by atoms with Gasteiger partial charge in [0.05, 0.1) is 0 Å². The van der Waals surface area contributed by atoms with Crippen molar-refractivity contribution >= 4 is 15.9 Å². The Hall–Kier alpha value is -1.32. The minimum atomic E-state index is 0.309. The maximum Gasteiger partial charge on any atom is 0.115 e. The van der Waals surface area contributed by atoms with Gasteiger partial charge in [0.25, 0.3) is 0 Å². The lowest BCUT2D eigenvalue weighted by Gasteiger charge is -2.17. The van der Waals surface area contributed by atoms with E-state index in [4.69, 9.17) is 0 Å². The number of rotatable bonds is 5. The molecule has 0 aliphatic rings. The second kappa shape index (κ2) is 6.73. The molecule has 2 rings (SSSR count). The summed E-state index contributed by atoms with van der Waals surface area (Å²) in [5.41, 5.74) is 2.47. The van der Waals surface area contributed by atoms with Crippen LogP contribution in [-0.4, -0.2) is 5.11 Å². The first-order chi connectivity index (χ1) is 9.19. The van der Waals surface area contributed by atoms with Crippen molar-refractivity contribution in [1.29, 1.82) is 0 Å². The van der Waals surface area contributed by atoms with Crippen LogP contribution in [0.4, 0.5) is 0 Å². The van der Waals surface area contributed by atoms with Gasteiger partial charge in [-0.25, -0.2) is 0 Å². The van der Waals surface area contributed by atoms with Gasteiger partial charge in [0.15, 0.2) is 0 Å². The molecular formula is C16H18BrNO. The maximum atomic E-state index is 9.26. The van der Waals surface area contributed by atoms with Crippen LogP contribution in [0.15, 0.2) is 53.0 Å². The summed E-state index contributed by atoms with van der Waals surface area (Å²) in [6, 6.07) is 16.1. The molecule has 2 nitrogen and oxygen atoms in total. The molecule has 0 aliphatic heterocycles. The van der Waals surface area contributed by atoms with E-state index in [0.29, 0.717) is 11.8 Å². The topological polar surface area (TPSA) is 32.3 Å². The van der Waals surface area contributed by atoms with Crippen molar-refractivity contribution < 1.29 is 5.11 Å². The van der Waals surface area contributed by atoms with Crippen molar-refractivity contribution in [3.8, 4) is 5.75 Å². The van der Waals surface area contributed by atoms with E-state index in [1.54, 1.807) is 12.1 Å². The summed E-state index contributed by atoms with van der Waals surface area (Å²) in [4.78, 5) is 0. The second-order valence-electron chi connectivity index (χ2n) is 4.56. The molecule has 0 bridgehead atoms. The van der Waals surface area contributed by atoms with Crippen molar-refractivity contribution in [1.82, 2.24) is 5.32 Å². The minimum Gasteiger partial charge on any atom is -0.508 e. The Labute approximate surface area is 122 Å². The zero-order chi connectivity index (χ0) is 13.7. The van der Waals surface area contributed by atoms with E-state index in [-0.39, 0.29) is 0 Å². The van der Waals surface area contributed by atoms with E-state index in [0.717, 1.165) is 17.4 Å². The molecule has 1 atom stereocenters. The van der Waals surface area contributed by atoms with Crippen LogP contribution in [0.3, 0.4) is 0 Å². The first-order valence-corrected chi connectivity index (χ1v) is 7.25. The molecule has 19 heavy (non-hydrogen) atoms. The molecule has 3 heteroatoms. The van der Waals surface area contributed by atoms with Crippen LogP contribution < -0.4 is 5.32 Å². The molecule has 0 spiro atoms. The van der Waals surface area contributed by atoms with Gasteiger partial charge in [-0.15, -0.1) is 0 Å². The van der Waals surface area contributed by atoms with E-state index in [1.165, 1.54) is 11.1 Å². The van der Waals surface area contributed by atoms with Gasteiger partial charge in [-0.2, -0.15) is 0 Å². The van der Waals surface area contributed by atoms with Gasteiger partial charge < -0.3 is 10.4 Å². The van der Waals surface area contributed by atoms with E-state index in [2.05, 4.69) is 52.4 Å². The summed E-state index contributed by atoms with van der Waals surface area (Å²) in [5, 5.41) is 12.8. The Morgan fingerprint density at radius 2 is 1.68 bits per heavy atom. The van der Waals surface area contributed by atoms with E-state index >= 15 is 0 Å². The molecule has 0 saturated carbocycles. The summed E-state index contributed by atoms with van der Waals surface area (Å²) in [6.45, 7) is 2.98. The lowest BCUT2D eigenvalue weighted by atomic mass is 10.0. The van der Waals surface area contributed by atoms with E-state index in [9.17, 15) is 5.11 Å². The van der Waals surface area contributed by atoms with Crippen LogP contribution in [0.5, 0.6) is 5.75 Å². The molecule has 1 unspecified atom stereocenters. The number of halogens is 1. The van der Waals surface area contributed by atoms with Crippen LogP contribution in [0.1, 0.15) is 30.5 Å². The van der Waals surface area contributed by atoms with Crippen LogP contribution in [0.2, 0.25) is 0 Å². The Kier molecular flexibility index (Phi) is 5.00. The predicted molar refractivity (Wildman–Crippen MR) is 82.1 cm³/mol. The molecule has 0 saturated heterocycles. The van der Waals surface area contributed by atoms with Gasteiger partial charge in [-0.1, -0.05) is 47.1 Å². The van der Waals surface area contributed by atoms with Gasteiger partial charge in [-0.05, 0) is 41.8 Å². The molecule has 100 valence electrons. The highest BCUT2D eigenvalue weighted by atomic mass is 79.9. The standard InChI is InChI=1S/C16H18BrNO/c1-2-16(13-5-7-14(17)8-6-13)18-11-12-3-9-15(19)10-4-12/h3-10,16,18-19H,2,11H2,1H3. The number of nitrogens with one attached hydrogen (secondary N) is 1. The third-order valence-corrected chi connectivity index (χ3v) is 3.70. The molecule has 2 aromatic rings. The largest absolute Gasteiger partial charge is 0.508 e. The summed E-state index contributed by atoms with van der Waals surface area (Å²) in [7, 11) is 0. The number of aromatic hydroxyl groups is 1. The van der Waals surface area contributed by atoms with Gasteiger partial charge in [0.2, 0.25) is 0 Å². The molecule has 2 N–H and O–H groups in total. The summed E-state index contributed by atoms with van der Waals surface area (Å²) in [5.74, 6) is 0.309. The number of benzene rings is 2. The fourth-order valence-electron chi connectivity index (χ4n) is 2.05. The van der Waals surface area contributed by atoms with Crippen molar-refractivity contribution in [2.45, 2.75) is 25.9 Å². The molecule has 0 radical (unpaired) electrons. The quantitative estimate of drug-likeness (QED) is 0.856. The van der Waals surface area contributed by atoms with Crippen molar-refractivity contribution in [2.24, 2.45) is 0 Å². The van der Waals surface area contributed by atoms with Crippen LogP contribution in [0.25, 0.3) is 0 Å². The Bertz CT molecular complexity index is 507. The SMILES string of the molecule is CCC(NCc1ccc(O)cc1)c1ccc(Br)cc1. The number of hydrogen-bond donors (Lipinski definition) is 2. The van der Waals surface area contributed by atoms with Crippen molar-refractivity contribution in [3.63, 3.8) is 0 Å². The van der Waals surface area contributed by atoms with E-state index < -0.39 is 0 Å². The smallest absolute Gasteiger partial charge is 0.115 e. The summed E-state index contributed by atoms with van der Waals surface area (Å²) in [6.07, 6.45) is 1.04. The molecular weight excluding hydrogens is 302 g/mol. The highest BCUT2D eigenvalue weighted by Gasteiger charge is 2.08. The fraction of sp³-hybridized carbons (Fsp3) is 0.250. The highest BCUT2D eigenvalue weighted by molar-refractivity contribution is 9.10. The third-order valence-electron chi connectivity index (χ3n) is 3.17. The minimum absolute atomic E-state index is 0.309. The fourth-order valence-corrected chi connectivity index (χ4v) is 2.31. The number of phenolic OH excluding ortho intramolecular Hbond substituents is 1. The van der Waals surface area contributed by atoms with Crippen molar-refractivity contribution in [3.05, 3.63) is 64.1 Å². The van der Waals surface area contributed by atoms with Crippen molar-refractivity contribution in [2.75, 3.05) is 0 Å². The van der Waals surface area contributed by atoms with Crippen LogP contribution in [-0.2, 0) is 6.54 Å². The molecule has 0 amide bonds. The Morgan fingerprint density at radius 3 is 2.26 bits per heavy atom. The molecule has 0 aromatic heterocycles. The van der Waals surface area contributed by atoms with E-state index in [1.807, 2.05) is 12.1 Å². The highest BCUT2D eigenvalue weighted by Crippen LogP contribution is 2.20. The van der Waals surface area contributed by atoms with Gasteiger partial charge >= 0.3 is 0 Å². The van der Waals surface area contributed by atoms with Gasteiger partial charge in [0.1, 0.15) is 5.75 Å². The average molecular weight is 320 g/mol. The summed E-state index contributed by atoms with van der Waals surface area (Å²) >= 11 is 3.45. The Balaban J connectivity index is 1.99. The zero-order valence-corrected chi connectivity index (χ0v) is 12.5. The molecule has 2 aromatic carbocycles. The second-order valence-corrected chi connectivity index (χ2v) is 5.48. The lowest BCUT2D eigenvalue weighted by molar-refractivity contribution is 0.474. The maximum absolute atomic E-state index is 9.26. The van der Waals surface area contributed by atoms with Gasteiger partial charge in [-0.3, -0.25) is 0 Å². The van der Waals surface area contributed by atoms with Crippen LogP contribution in [0, 0.1) is 0 Å². The molecule has 0 heterocycles. The third kappa shape index (κ3) is 4.08. The number of phenols is 1. The Morgan fingerprint density at radius 1 is 1.05 bits per heavy atom. The first kappa shape index (κ1) is 14.1. The van der Waals surface area contributed by atoms with Crippen LogP contribution >= 0.6 is 15.9 Å². The lowest BCUT2D eigenvalue weighted by Crippen LogP contribution is -2.20. The first-order valence-electron chi connectivity index (χ1n) is 6.46. The average Bonchev–Trinajstić information content (AvgIpc) is 2.43. The van der Waals surface area contributed by atoms with Gasteiger partial charge in [0, 0.05) is 17.1 Å². The zero-order valence-electron chi connectivity index (χ0n) is 10.9. The predicted octanol–water partition coefficient (Wildman–Crippen LogP) is 4.40. The monoisotopic (exact) mass is 319 g/mol. The number of hydrogen-bond acceptors (Lipinski definition) is 2. The normalized spacial score (nSPS) is 12.3. The molecule has 0 fully saturated rings.